The number of nitrogens with one attached hydrogen (secondary N) is 2. The molecule has 0 aromatic carbocycles. The minimum Gasteiger partial charge on any atom is -0.357 e. The van der Waals surface area contributed by atoms with Crippen molar-refractivity contribution in [2.45, 2.75) is 59.9 Å². The fourth-order valence-electron chi connectivity index (χ4n) is 1.69. The van der Waals surface area contributed by atoms with E-state index in [0.29, 0.717) is 17.9 Å². The maximum Gasteiger partial charge on any atom is 0.191 e. The maximum absolute atomic E-state index is 4.65. The summed E-state index contributed by atoms with van der Waals surface area (Å²) in [5.41, 5.74) is 1.15. The third kappa shape index (κ3) is 6.46. The zero-order valence-corrected chi connectivity index (χ0v) is 15.0. The van der Waals surface area contributed by atoms with E-state index in [1.54, 1.807) is 11.3 Å². The van der Waals surface area contributed by atoms with Crippen molar-refractivity contribution in [3.63, 3.8) is 0 Å². The first-order chi connectivity index (χ1) is 9.93. The maximum atomic E-state index is 4.65. The smallest absolute Gasteiger partial charge is 0.191 e. The largest absolute Gasteiger partial charge is 0.357 e. The Morgan fingerprint density at radius 3 is 2.52 bits per heavy atom. The number of nitrogens with zero attached hydrogens (tertiary/aromatic N) is 2. The highest BCUT2D eigenvalue weighted by molar-refractivity contribution is 7.09. The quantitative estimate of drug-likeness (QED) is 0.599. The predicted molar refractivity (Wildman–Crippen MR) is 93.3 cm³/mol. The van der Waals surface area contributed by atoms with Gasteiger partial charge in [-0.3, -0.25) is 4.99 Å². The number of rotatable bonds is 7. The molecule has 4 nitrogen and oxygen atoms in total. The SMILES string of the molecule is CCNC(=NCCc1csc(C(C)C)n1)NC(C)C(C)C. The molecule has 0 aliphatic heterocycles. The zero-order valence-electron chi connectivity index (χ0n) is 14.2. The molecule has 1 unspecified atom stereocenters. The third-order valence-electron chi connectivity index (χ3n) is 3.41. The molecule has 0 amide bonds. The van der Waals surface area contributed by atoms with Gasteiger partial charge in [0.25, 0.3) is 0 Å². The van der Waals surface area contributed by atoms with E-state index in [2.05, 4.69) is 67.5 Å². The monoisotopic (exact) mass is 310 g/mol. The van der Waals surface area contributed by atoms with Gasteiger partial charge in [0.15, 0.2) is 5.96 Å². The summed E-state index contributed by atoms with van der Waals surface area (Å²) >= 11 is 1.75. The Bertz CT molecular complexity index is 437. The van der Waals surface area contributed by atoms with Crippen molar-refractivity contribution < 1.29 is 0 Å². The molecule has 1 rings (SSSR count). The van der Waals surface area contributed by atoms with E-state index in [1.165, 1.54) is 5.01 Å². The van der Waals surface area contributed by atoms with Crippen LogP contribution >= 0.6 is 11.3 Å². The Morgan fingerprint density at radius 1 is 1.29 bits per heavy atom. The van der Waals surface area contributed by atoms with Crippen LogP contribution in [-0.4, -0.2) is 30.1 Å². The summed E-state index contributed by atoms with van der Waals surface area (Å²) in [6.07, 6.45) is 0.899. The summed E-state index contributed by atoms with van der Waals surface area (Å²) < 4.78 is 0. The number of thiazole rings is 1. The van der Waals surface area contributed by atoms with Crippen LogP contribution in [0.25, 0.3) is 0 Å². The van der Waals surface area contributed by atoms with Crippen LogP contribution < -0.4 is 10.6 Å². The van der Waals surface area contributed by atoms with Gasteiger partial charge in [-0.1, -0.05) is 27.7 Å². The summed E-state index contributed by atoms with van der Waals surface area (Å²) in [4.78, 5) is 9.29. The molecule has 0 saturated carbocycles. The average Bonchev–Trinajstić information content (AvgIpc) is 2.87. The topological polar surface area (TPSA) is 49.3 Å². The molecule has 1 heterocycles. The second-order valence-corrected chi connectivity index (χ2v) is 6.91. The number of hydrogen-bond acceptors (Lipinski definition) is 3. The van der Waals surface area contributed by atoms with Gasteiger partial charge in [-0.15, -0.1) is 11.3 Å². The van der Waals surface area contributed by atoms with Crippen molar-refractivity contribution in [3.8, 4) is 0 Å². The normalized spacial score (nSPS) is 13.8. The summed E-state index contributed by atoms with van der Waals surface area (Å²) in [7, 11) is 0. The molecule has 0 fully saturated rings. The van der Waals surface area contributed by atoms with Gasteiger partial charge in [0.05, 0.1) is 10.7 Å². The van der Waals surface area contributed by atoms with E-state index in [-0.39, 0.29) is 0 Å². The van der Waals surface area contributed by atoms with E-state index in [1.807, 2.05) is 0 Å². The van der Waals surface area contributed by atoms with Gasteiger partial charge in [0.2, 0.25) is 0 Å². The Balaban J connectivity index is 2.53. The van der Waals surface area contributed by atoms with Crippen molar-refractivity contribution in [3.05, 3.63) is 16.1 Å². The molecule has 1 atom stereocenters. The molecule has 0 aliphatic carbocycles. The standard InChI is InChI=1S/C16H30N4S/c1-7-17-16(19-13(6)11(2)3)18-9-8-14-10-21-15(20-14)12(4)5/h10-13H,7-9H2,1-6H3,(H2,17,18,19). The molecule has 1 aromatic rings. The van der Waals surface area contributed by atoms with E-state index in [4.69, 9.17) is 0 Å². The predicted octanol–water partition coefficient (Wildman–Crippen LogP) is 3.41. The number of aliphatic imine (C=N–C) groups is 1. The molecule has 0 aliphatic rings. The molecule has 2 N–H and O–H groups in total. The molecule has 120 valence electrons. The lowest BCUT2D eigenvalue weighted by Crippen LogP contribution is -2.44. The minimum atomic E-state index is 0.412. The first kappa shape index (κ1) is 18.0. The van der Waals surface area contributed by atoms with E-state index in [9.17, 15) is 0 Å². The van der Waals surface area contributed by atoms with Crippen LogP contribution in [0.15, 0.2) is 10.4 Å². The molecule has 0 spiro atoms. The summed E-state index contributed by atoms with van der Waals surface area (Å²) in [5.74, 6) is 2.00. The van der Waals surface area contributed by atoms with Gasteiger partial charge >= 0.3 is 0 Å². The summed E-state index contributed by atoms with van der Waals surface area (Å²) in [6.45, 7) is 14.7. The van der Waals surface area contributed by atoms with Crippen molar-refractivity contribution in [2.75, 3.05) is 13.1 Å². The van der Waals surface area contributed by atoms with Crippen LogP contribution in [0.1, 0.15) is 58.2 Å². The third-order valence-corrected chi connectivity index (χ3v) is 4.60. The fourth-order valence-corrected chi connectivity index (χ4v) is 2.56. The molecule has 5 heteroatoms. The Hall–Kier alpha value is -1.10. The molecule has 21 heavy (non-hydrogen) atoms. The second kappa shape index (κ2) is 9.03. The van der Waals surface area contributed by atoms with E-state index < -0.39 is 0 Å². The lowest BCUT2D eigenvalue weighted by Gasteiger charge is -2.20. The zero-order chi connectivity index (χ0) is 15.8. The fraction of sp³-hybridized carbons (Fsp3) is 0.750. The minimum absolute atomic E-state index is 0.412. The highest BCUT2D eigenvalue weighted by atomic mass is 32.1. The van der Waals surface area contributed by atoms with Gasteiger partial charge < -0.3 is 10.6 Å². The number of guanidine groups is 1. The van der Waals surface area contributed by atoms with Crippen LogP contribution in [-0.2, 0) is 6.42 Å². The average molecular weight is 311 g/mol. The van der Waals surface area contributed by atoms with Gasteiger partial charge in [0.1, 0.15) is 0 Å². The van der Waals surface area contributed by atoms with Crippen LogP contribution in [0.2, 0.25) is 0 Å². The molecular weight excluding hydrogens is 280 g/mol. The van der Waals surface area contributed by atoms with Crippen LogP contribution in [0.4, 0.5) is 0 Å². The van der Waals surface area contributed by atoms with E-state index >= 15 is 0 Å². The highest BCUT2D eigenvalue weighted by Crippen LogP contribution is 2.19. The number of aromatic nitrogens is 1. The van der Waals surface area contributed by atoms with Crippen molar-refractivity contribution in [1.29, 1.82) is 0 Å². The van der Waals surface area contributed by atoms with Crippen molar-refractivity contribution in [2.24, 2.45) is 10.9 Å². The van der Waals surface area contributed by atoms with Gasteiger partial charge in [-0.05, 0) is 19.8 Å². The lowest BCUT2D eigenvalue weighted by molar-refractivity contribution is 0.481. The van der Waals surface area contributed by atoms with Crippen molar-refractivity contribution >= 4 is 17.3 Å². The van der Waals surface area contributed by atoms with Gasteiger partial charge in [0, 0.05) is 36.9 Å². The lowest BCUT2D eigenvalue weighted by atomic mass is 10.1. The first-order valence-corrected chi connectivity index (χ1v) is 8.81. The summed E-state index contributed by atoms with van der Waals surface area (Å²) in [5, 5.41) is 10.1. The molecule has 0 bridgehead atoms. The van der Waals surface area contributed by atoms with Crippen molar-refractivity contribution in [1.82, 2.24) is 15.6 Å². The number of hydrogen-bond donors (Lipinski definition) is 2. The first-order valence-electron chi connectivity index (χ1n) is 7.93. The van der Waals surface area contributed by atoms with Gasteiger partial charge in [-0.2, -0.15) is 0 Å². The van der Waals surface area contributed by atoms with Crippen LogP contribution in [0, 0.1) is 5.92 Å². The second-order valence-electron chi connectivity index (χ2n) is 6.02. The highest BCUT2D eigenvalue weighted by Gasteiger charge is 2.09. The van der Waals surface area contributed by atoms with E-state index in [0.717, 1.165) is 31.2 Å². The van der Waals surface area contributed by atoms with Crippen LogP contribution in [0.3, 0.4) is 0 Å². The Morgan fingerprint density at radius 2 is 2.00 bits per heavy atom. The molecule has 0 saturated heterocycles. The molecule has 0 radical (unpaired) electrons. The molecular formula is C16H30N4S. The van der Waals surface area contributed by atoms with Crippen LogP contribution in [0.5, 0.6) is 0 Å². The Labute approximate surface area is 133 Å². The molecule has 1 aromatic heterocycles. The Kier molecular flexibility index (Phi) is 7.72. The van der Waals surface area contributed by atoms with Gasteiger partial charge in [-0.25, -0.2) is 4.98 Å². The summed E-state index contributed by atoms with van der Waals surface area (Å²) in [6, 6.07) is 0.412.